The third kappa shape index (κ3) is 5.11. The van der Waals surface area contributed by atoms with Gasteiger partial charge in [-0.1, -0.05) is 24.3 Å². The van der Waals surface area contributed by atoms with Gasteiger partial charge in [0.25, 0.3) is 0 Å². The van der Waals surface area contributed by atoms with Crippen LogP contribution in [0.4, 0.5) is 4.79 Å². The molecule has 7 nitrogen and oxygen atoms in total. The molecule has 3 N–H and O–H groups in total. The van der Waals surface area contributed by atoms with Gasteiger partial charge in [-0.05, 0) is 18.1 Å². The van der Waals surface area contributed by atoms with Crippen LogP contribution < -0.4 is 10.6 Å². The molecule has 0 bridgehead atoms. The summed E-state index contributed by atoms with van der Waals surface area (Å²) in [5.41, 5.74) is 1.83. The van der Waals surface area contributed by atoms with Crippen LogP contribution in [0.3, 0.4) is 0 Å². The quantitative estimate of drug-likeness (QED) is 0.388. The topological polar surface area (TPSA) is 107 Å². The van der Waals surface area contributed by atoms with E-state index in [0.717, 1.165) is 16.5 Å². The Morgan fingerprint density at radius 1 is 1.40 bits per heavy atom. The van der Waals surface area contributed by atoms with Crippen LogP contribution in [-0.4, -0.2) is 36.2 Å². The standard InChI is InChI=1S/C18H20N4O3/c1-2-3-10-25-18(24)22-16(17(23)20-9-8-19)11-13-12-21-15-7-5-4-6-14(13)15/h2,4-7,12,16,21H,1,3,9-11H2,(H,20,23)(H,22,24). The van der Waals surface area contributed by atoms with Gasteiger partial charge in [-0.15, -0.1) is 6.58 Å². The number of nitrogens with zero attached hydrogens (tertiary/aromatic N) is 1. The molecule has 1 heterocycles. The number of hydrogen-bond acceptors (Lipinski definition) is 4. The van der Waals surface area contributed by atoms with E-state index in [0.29, 0.717) is 6.42 Å². The predicted octanol–water partition coefficient (Wildman–Crippen LogP) is 2.02. The molecule has 0 aliphatic heterocycles. The van der Waals surface area contributed by atoms with Crippen molar-refractivity contribution >= 4 is 22.9 Å². The Morgan fingerprint density at radius 3 is 2.96 bits per heavy atom. The number of aromatic nitrogens is 1. The van der Waals surface area contributed by atoms with Gasteiger partial charge in [-0.25, -0.2) is 4.79 Å². The highest BCUT2D eigenvalue weighted by Gasteiger charge is 2.23. The number of ether oxygens (including phenoxy) is 1. The highest BCUT2D eigenvalue weighted by molar-refractivity contribution is 5.88. The average Bonchev–Trinajstić information content (AvgIpc) is 3.02. The smallest absolute Gasteiger partial charge is 0.407 e. The number of aromatic amines is 1. The van der Waals surface area contributed by atoms with Gasteiger partial charge in [0.05, 0.1) is 12.7 Å². The lowest BCUT2D eigenvalue weighted by Gasteiger charge is -2.17. The van der Waals surface area contributed by atoms with Crippen LogP contribution in [0.2, 0.25) is 0 Å². The van der Waals surface area contributed by atoms with Crippen LogP contribution in [0, 0.1) is 11.3 Å². The van der Waals surface area contributed by atoms with Gasteiger partial charge in [-0.2, -0.15) is 5.26 Å². The highest BCUT2D eigenvalue weighted by atomic mass is 16.5. The minimum absolute atomic E-state index is 0.129. The van der Waals surface area contributed by atoms with Crippen molar-refractivity contribution in [3.63, 3.8) is 0 Å². The number of carbonyl (C=O) groups is 2. The summed E-state index contributed by atoms with van der Waals surface area (Å²) in [6.07, 6.45) is 3.56. The zero-order chi connectivity index (χ0) is 18.1. The summed E-state index contributed by atoms with van der Waals surface area (Å²) in [6, 6.07) is 8.69. The molecular formula is C18H20N4O3. The minimum atomic E-state index is -0.844. The van der Waals surface area contributed by atoms with E-state index in [1.54, 1.807) is 12.3 Å². The molecule has 1 atom stereocenters. The van der Waals surface area contributed by atoms with Crippen molar-refractivity contribution in [3.8, 4) is 6.07 Å². The van der Waals surface area contributed by atoms with E-state index < -0.39 is 18.0 Å². The summed E-state index contributed by atoms with van der Waals surface area (Å²) >= 11 is 0. The molecule has 0 saturated heterocycles. The van der Waals surface area contributed by atoms with Gasteiger partial charge >= 0.3 is 6.09 Å². The van der Waals surface area contributed by atoms with Gasteiger partial charge in [-0.3, -0.25) is 4.79 Å². The number of carbonyl (C=O) groups excluding carboxylic acids is 2. The van der Waals surface area contributed by atoms with Crippen molar-refractivity contribution in [2.75, 3.05) is 13.2 Å². The molecule has 25 heavy (non-hydrogen) atoms. The summed E-state index contributed by atoms with van der Waals surface area (Å²) in [7, 11) is 0. The summed E-state index contributed by atoms with van der Waals surface area (Å²) < 4.78 is 5.00. The largest absolute Gasteiger partial charge is 0.449 e. The van der Waals surface area contributed by atoms with Crippen LogP contribution in [-0.2, 0) is 16.0 Å². The number of nitrogens with one attached hydrogen (secondary N) is 3. The maximum atomic E-state index is 12.3. The number of H-pyrrole nitrogens is 1. The number of rotatable bonds is 8. The van der Waals surface area contributed by atoms with Crippen LogP contribution >= 0.6 is 0 Å². The van der Waals surface area contributed by atoms with Crippen molar-refractivity contribution in [1.29, 1.82) is 5.26 Å². The zero-order valence-corrected chi connectivity index (χ0v) is 13.7. The number of para-hydroxylation sites is 1. The molecule has 0 radical (unpaired) electrons. The van der Waals surface area contributed by atoms with Crippen molar-refractivity contribution in [1.82, 2.24) is 15.6 Å². The lowest BCUT2D eigenvalue weighted by atomic mass is 10.0. The van der Waals surface area contributed by atoms with Crippen LogP contribution in [0.25, 0.3) is 10.9 Å². The molecule has 7 heteroatoms. The molecule has 0 saturated carbocycles. The Labute approximate surface area is 145 Å². The van der Waals surface area contributed by atoms with Crippen molar-refractivity contribution in [2.24, 2.45) is 0 Å². The van der Waals surface area contributed by atoms with E-state index in [4.69, 9.17) is 10.00 Å². The van der Waals surface area contributed by atoms with Gasteiger partial charge in [0, 0.05) is 23.5 Å². The van der Waals surface area contributed by atoms with E-state index in [1.807, 2.05) is 30.3 Å². The zero-order valence-electron chi connectivity index (χ0n) is 13.7. The Balaban J connectivity index is 2.10. The molecule has 1 aromatic carbocycles. The minimum Gasteiger partial charge on any atom is -0.449 e. The molecule has 0 aliphatic rings. The van der Waals surface area contributed by atoms with Crippen LogP contribution in [0.15, 0.2) is 43.1 Å². The van der Waals surface area contributed by atoms with E-state index in [2.05, 4.69) is 22.2 Å². The lowest BCUT2D eigenvalue weighted by Crippen LogP contribution is -2.48. The average molecular weight is 340 g/mol. The fraction of sp³-hybridized carbons (Fsp3) is 0.278. The fourth-order valence-electron chi connectivity index (χ4n) is 2.40. The predicted molar refractivity (Wildman–Crippen MR) is 93.7 cm³/mol. The Hall–Kier alpha value is -3.27. The Kier molecular flexibility index (Phi) is 6.60. The first kappa shape index (κ1) is 18.1. The maximum absolute atomic E-state index is 12.3. The summed E-state index contributed by atoms with van der Waals surface area (Å²) in [4.78, 5) is 27.3. The molecule has 2 amide bonds. The van der Waals surface area contributed by atoms with E-state index in [1.165, 1.54) is 0 Å². The van der Waals surface area contributed by atoms with Gasteiger partial charge in [0.1, 0.15) is 12.6 Å². The molecule has 130 valence electrons. The molecule has 1 aromatic heterocycles. The SMILES string of the molecule is C=CCCOC(=O)NC(Cc1c[nH]c2ccccc12)C(=O)NCC#N. The van der Waals surface area contributed by atoms with Crippen molar-refractivity contribution < 1.29 is 14.3 Å². The number of alkyl carbamates (subject to hydrolysis) is 1. The molecule has 0 fully saturated rings. The molecule has 1 unspecified atom stereocenters. The Morgan fingerprint density at radius 2 is 2.20 bits per heavy atom. The molecular weight excluding hydrogens is 320 g/mol. The molecule has 2 aromatic rings. The monoisotopic (exact) mass is 340 g/mol. The molecule has 0 spiro atoms. The maximum Gasteiger partial charge on any atom is 0.407 e. The number of nitriles is 1. The van der Waals surface area contributed by atoms with Gasteiger partial charge in [0.2, 0.25) is 5.91 Å². The van der Waals surface area contributed by atoms with E-state index >= 15 is 0 Å². The van der Waals surface area contributed by atoms with Gasteiger partial charge < -0.3 is 20.4 Å². The second kappa shape index (κ2) is 9.13. The summed E-state index contributed by atoms with van der Waals surface area (Å²) in [5.74, 6) is -0.437. The van der Waals surface area contributed by atoms with Crippen molar-refractivity contribution in [3.05, 3.63) is 48.7 Å². The van der Waals surface area contributed by atoms with Crippen LogP contribution in [0.1, 0.15) is 12.0 Å². The third-order valence-corrected chi connectivity index (χ3v) is 3.60. The first-order valence-corrected chi connectivity index (χ1v) is 7.89. The fourth-order valence-corrected chi connectivity index (χ4v) is 2.40. The second-order valence-corrected chi connectivity index (χ2v) is 5.35. The van der Waals surface area contributed by atoms with Crippen molar-refractivity contribution in [2.45, 2.75) is 18.9 Å². The molecule has 0 aliphatic carbocycles. The summed E-state index contributed by atoms with van der Waals surface area (Å²) in [5, 5.41) is 14.6. The lowest BCUT2D eigenvalue weighted by molar-refractivity contribution is -0.122. The number of benzene rings is 1. The normalized spacial score (nSPS) is 11.3. The van der Waals surface area contributed by atoms with Crippen LogP contribution in [0.5, 0.6) is 0 Å². The summed E-state index contributed by atoms with van der Waals surface area (Å²) in [6.45, 7) is 3.61. The number of hydrogen-bond donors (Lipinski definition) is 3. The van der Waals surface area contributed by atoms with E-state index in [-0.39, 0.29) is 19.6 Å². The first-order valence-electron chi connectivity index (χ1n) is 7.89. The Bertz CT molecular complexity index is 791. The van der Waals surface area contributed by atoms with E-state index in [9.17, 15) is 9.59 Å². The molecule has 2 rings (SSSR count). The second-order valence-electron chi connectivity index (χ2n) is 5.35. The first-order chi connectivity index (χ1) is 12.2. The van der Waals surface area contributed by atoms with Gasteiger partial charge in [0.15, 0.2) is 0 Å². The highest BCUT2D eigenvalue weighted by Crippen LogP contribution is 2.19. The number of fused-ring (bicyclic) bond motifs is 1. The number of amides is 2. The third-order valence-electron chi connectivity index (χ3n) is 3.60.